The lowest BCUT2D eigenvalue weighted by molar-refractivity contribution is -0.128. The number of amides is 3. The first-order valence-electron chi connectivity index (χ1n) is 14.0. The van der Waals surface area contributed by atoms with Gasteiger partial charge in [-0.05, 0) is 75.0 Å². The minimum absolute atomic E-state index is 0.0936. The first-order chi connectivity index (χ1) is 18.6. The molecule has 1 saturated carbocycles. The minimum Gasteiger partial charge on any atom is -0.443 e. The van der Waals surface area contributed by atoms with Crippen LogP contribution in [0.4, 0.5) is 4.79 Å². The van der Waals surface area contributed by atoms with E-state index in [9.17, 15) is 19.2 Å². The van der Waals surface area contributed by atoms with E-state index in [1.165, 1.54) is 0 Å². The summed E-state index contributed by atoms with van der Waals surface area (Å²) in [4.78, 5) is 50.8. The van der Waals surface area contributed by atoms with Crippen molar-refractivity contribution in [3.8, 4) is 0 Å². The van der Waals surface area contributed by atoms with Gasteiger partial charge in [0.25, 0.3) is 0 Å². The normalized spacial score (nSPS) is 22.9. The number of aldehydes is 1. The summed E-state index contributed by atoms with van der Waals surface area (Å²) in [5.74, 6) is -0.822. The summed E-state index contributed by atoms with van der Waals surface area (Å²) < 4.78 is 11.3. The number of alkyl carbamates (subject to hydrolysis) is 1. The average Bonchev–Trinajstić information content (AvgIpc) is 3.15. The average molecular weight is 562 g/mol. The summed E-state index contributed by atoms with van der Waals surface area (Å²) >= 11 is 6.13. The Labute approximate surface area is 235 Å². The molecule has 1 spiro atoms. The summed E-state index contributed by atoms with van der Waals surface area (Å²) in [6.45, 7) is 5.10. The third-order valence-corrected chi connectivity index (χ3v) is 8.42. The topological polar surface area (TPSA) is 123 Å². The maximum Gasteiger partial charge on any atom is 0.408 e. The van der Waals surface area contributed by atoms with Crippen LogP contribution in [0.3, 0.4) is 0 Å². The van der Waals surface area contributed by atoms with Gasteiger partial charge in [0.15, 0.2) is 0 Å². The van der Waals surface area contributed by atoms with Gasteiger partial charge >= 0.3 is 6.09 Å². The van der Waals surface area contributed by atoms with E-state index in [2.05, 4.69) is 16.0 Å². The fourth-order valence-electron chi connectivity index (χ4n) is 5.98. The van der Waals surface area contributed by atoms with E-state index in [4.69, 9.17) is 21.1 Å². The molecule has 1 aromatic carbocycles. The highest BCUT2D eigenvalue weighted by atomic mass is 35.5. The van der Waals surface area contributed by atoms with Gasteiger partial charge < -0.3 is 30.2 Å². The summed E-state index contributed by atoms with van der Waals surface area (Å²) in [5.41, 5.74) is 0.0687. The van der Waals surface area contributed by atoms with Crippen molar-refractivity contribution >= 4 is 35.8 Å². The largest absolute Gasteiger partial charge is 0.443 e. The van der Waals surface area contributed by atoms with E-state index >= 15 is 0 Å². The lowest BCUT2D eigenvalue weighted by Crippen LogP contribution is -2.53. The number of benzene rings is 1. The molecule has 1 aliphatic carbocycles. The van der Waals surface area contributed by atoms with Crippen LogP contribution >= 0.6 is 11.6 Å². The highest BCUT2D eigenvalue weighted by Gasteiger charge is 2.46. The Morgan fingerprint density at radius 2 is 1.95 bits per heavy atom. The molecule has 10 heteroatoms. The van der Waals surface area contributed by atoms with Gasteiger partial charge in [-0.3, -0.25) is 9.59 Å². The summed E-state index contributed by atoms with van der Waals surface area (Å²) in [6, 6.07) is 5.78. The molecule has 3 atom stereocenters. The summed E-state index contributed by atoms with van der Waals surface area (Å²) in [5, 5.41) is 9.23. The Balaban J connectivity index is 1.34. The van der Waals surface area contributed by atoms with Crippen molar-refractivity contribution in [3.63, 3.8) is 0 Å². The maximum absolute atomic E-state index is 13.2. The molecule has 214 valence electrons. The van der Waals surface area contributed by atoms with Gasteiger partial charge in [-0.15, -0.1) is 0 Å². The zero-order chi connectivity index (χ0) is 28.0. The summed E-state index contributed by atoms with van der Waals surface area (Å²) in [7, 11) is 0. The molecule has 2 saturated heterocycles. The van der Waals surface area contributed by atoms with Crippen LogP contribution in [0.25, 0.3) is 0 Å². The Morgan fingerprint density at radius 3 is 2.56 bits per heavy atom. The van der Waals surface area contributed by atoms with Gasteiger partial charge in [-0.1, -0.05) is 37.6 Å². The molecular weight excluding hydrogens is 522 g/mol. The van der Waals surface area contributed by atoms with Crippen LogP contribution < -0.4 is 16.0 Å². The fourth-order valence-corrected chi connectivity index (χ4v) is 6.19. The van der Waals surface area contributed by atoms with Crippen LogP contribution in [0.5, 0.6) is 0 Å². The Bertz CT molecular complexity index is 1050. The number of hydrogen-bond donors (Lipinski definition) is 3. The molecule has 0 aromatic heterocycles. The van der Waals surface area contributed by atoms with Crippen molar-refractivity contribution in [2.24, 2.45) is 11.8 Å². The van der Waals surface area contributed by atoms with E-state index in [0.717, 1.165) is 37.7 Å². The maximum atomic E-state index is 13.2. The van der Waals surface area contributed by atoms with Crippen molar-refractivity contribution in [3.05, 3.63) is 34.9 Å². The smallest absolute Gasteiger partial charge is 0.408 e. The minimum atomic E-state index is -0.873. The number of ether oxygens (including phenoxy) is 2. The zero-order valence-electron chi connectivity index (χ0n) is 22.8. The van der Waals surface area contributed by atoms with Crippen molar-refractivity contribution < 1.29 is 28.7 Å². The van der Waals surface area contributed by atoms with Crippen LogP contribution in [0.1, 0.15) is 70.8 Å². The molecule has 39 heavy (non-hydrogen) atoms. The quantitative estimate of drug-likeness (QED) is 0.354. The predicted octanol–water partition coefficient (Wildman–Crippen LogP) is 3.71. The van der Waals surface area contributed by atoms with E-state index in [-0.39, 0.29) is 29.7 Å². The molecule has 2 aliphatic heterocycles. The van der Waals surface area contributed by atoms with Gasteiger partial charge in [0.05, 0.1) is 6.04 Å². The molecular formula is C29H40ClN3O6. The monoisotopic (exact) mass is 561 g/mol. The van der Waals surface area contributed by atoms with Gasteiger partial charge in [0.2, 0.25) is 11.8 Å². The number of carbonyl (C=O) groups excluding carboxylic acids is 4. The van der Waals surface area contributed by atoms with E-state index in [1.54, 1.807) is 6.07 Å². The van der Waals surface area contributed by atoms with Crippen LogP contribution in [0.2, 0.25) is 5.02 Å². The highest BCUT2D eigenvalue weighted by molar-refractivity contribution is 6.30. The molecule has 3 aliphatic rings. The van der Waals surface area contributed by atoms with Gasteiger partial charge in [0, 0.05) is 36.1 Å². The molecule has 9 nitrogen and oxygen atoms in total. The molecule has 4 rings (SSSR count). The van der Waals surface area contributed by atoms with E-state index in [0.29, 0.717) is 43.8 Å². The molecule has 1 aromatic rings. The lowest BCUT2D eigenvalue weighted by Gasteiger charge is -2.41. The molecule has 0 bridgehead atoms. The zero-order valence-corrected chi connectivity index (χ0v) is 23.6. The number of hydrogen-bond acceptors (Lipinski definition) is 6. The Morgan fingerprint density at radius 1 is 1.21 bits per heavy atom. The Kier molecular flexibility index (Phi) is 9.54. The molecule has 3 N–H and O–H groups in total. The molecule has 0 radical (unpaired) electrons. The summed E-state index contributed by atoms with van der Waals surface area (Å²) in [6.07, 6.45) is 5.67. The standard InChI is InChI=1S/C29H40ClN3O6/c1-19(2)13-24(32-27(37)39-29(7-4-8-29)16-20-5-3-6-22(30)14-20)26(36)31-23(18-34)15-21-17-28(33-25(21)35)9-11-38-12-10-28/h3,5-6,14,18-19,21,23-24H,4,7-13,15-17H2,1-2H3,(H,31,36)(H,32,37)(H,33,35)/t21?,23?,24-/m0/s1. The lowest BCUT2D eigenvalue weighted by atomic mass is 9.76. The number of rotatable bonds is 11. The van der Waals surface area contributed by atoms with E-state index in [1.807, 2.05) is 32.0 Å². The van der Waals surface area contributed by atoms with Crippen LogP contribution in [0, 0.1) is 11.8 Å². The second kappa shape index (κ2) is 12.7. The number of nitrogens with one attached hydrogen (secondary N) is 3. The van der Waals surface area contributed by atoms with Gasteiger partial charge in [0.1, 0.15) is 17.9 Å². The Hall–Kier alpha value is -2.65. The SMILES string of the molecule is CC(C)C[C@H](NC(=O)OC1(Cc2cccc(Cl)c2)CCC1)C(=O)NC(C=O)CC1CC2(CCOCC2)NC1=O. The van der Waals surface area contributed by atoms with Crippen molar-refractivity contribution in [2.45, 2.75) is 94.9 Å². The molecule has 2 unspecified atom stereocenters. The van der Waals surface area contributed by atoms with E-state index < -0.39 is 29.7 Å². The van der Waals surface area contributed by atoms with Gasteiger partial charge in [-0.25, -0.2) is 4.79 Å². The first-order valence-corrected chi connectivity index (χ1v) is 14.4. The predicted molar refractivity (Wildman–Crippen MR) is 146 cm³/mol. The fraction of sp³-hybridized carbons (Fsp3) is 0.655. The first kappa shape index (κ1) is 29.3. The van der Waals surface area contributed by atoms with Crippen molar-refractivity contribution in [2.75, 3.05) is 13.2 Å². The van der Waals surface area contributed by atoms with Crippen molar-refractivity contribution in [1.29, 1.82) is 0 Å². The second-order valence-electron chi connectivity index (χ2n) is 11.8. The third-order valence-electron chi connectivity index (χ3n) is 8.18. The van der Waals surface area contributed by atoms with Crippen LogP contribution in [-0.4, -0.2) is 60.6 Å². The van der Waals surface area contributed by atoms with Crippen molar-refractivity contribution in [1.82, 2.24) is 16.0 Å². The highest BCUT2D eigenvalue weighted by Crippen LogP contribution is 2.39. The number of carbonyl (C=O) groups is 4. The number of halogens is 1. The van der Waals surface area contributed by atoms with Gasteiger partial charge in [-0.2, -0.15) is 0 Å². The third kappa shape index (κ3) is 7.72. The molecule has 3 amide bonds. The molecule has 2 heterocycles. The van der Waals surface area contributed by atoms with Crippen LogP contribution in [0.15, 0.2) is 24.3 Å². The second-order valence-corrected chi connectivity index (χ2v) is 12.3. The molecule has 3 fully saturated rings. The van der Waals surface area contributed by atoms with Crippen LogP contribution in [-0.2, 0) is 30.3 Å².